The minimum atomic E-state index is 0.924. The number of anilines is 1. The lowest BCUT2D eigenvalue weighted by atomic mass is 9.95. The van der Waals surface area contributed by atoms with Crippen molar-refractivity contribution in [1.29, 1.82) is 0 Å². The van der Waals surface area contributed by atoms with Crippen molar-refractivity contribution < 1.29 is 0 Å². The van der Waals surface area contributed by atoms with E-state index in [2.05, 4.69) is 39.0 Å². The third-order valence-corrected chi connectivity index (χ3v) is 6.49. The van der Waals surface area contributed by atoms with Crippen molar-refractivity contribution >= 4 is 5.69 Å². The smallest absolute Gasteiger partial charge is 0.0366 e. The van der Waals surface area contributed by atoms with Gasteiger partial charge in [0.2, 0.25) is 0 Å². The van der Waals surface area contributed by atoms with E-state index < -0.39 is 0 Å². The fourth-order valence-electron chi connectivity index (χ4n) is 4.89. The molecule has 0 unspecified atom stereocenters. The molecule has 1 aromatic carbocycles. The van der Waals surface area contributed by atoms with E-state index in [0.29, 0.717) is 0 Å². The zero-order chi connectivity index (χ0) is 16.9. The highest BCUT2D eigenvalue weighted by Crippen LogP contribution is 2.25. The molecule has 1 aromatic rings. The van der Waals surface area contributed by atoms with Crippen molar-refractivity contribution in [2.75, 3.05) is 50.7 Å². The Bertz CT molecular complexity index is 507. The first-order valence-electron chi connectivity index (χ1n) is 10.7. The molecule has 3 heteroatoms. The van der Waals surface area contributed by atoms with Gasteiger partial charge in [-0.05, 0) is 88.3 Å². The average molecular weight is 342 g/mol. The molecule has 0 spiro atoms. The van der Waals surface area contributed by atoms with Crippen LogP contribution >= 0.6 is 0 Å². The minimum absolute atomic E-state index is 0.924. The second kappa shape index (κ2) is 8.55. The Balaban J connectivity index is 1.25. The molecule has 4 rings (SSSR count). The van der Waals surface area contributed by atoms with Crippen LogP contribution in [0.3, 0.4) is 0 Å². The number of hydrogen-bond donors (Lipinski definition) is 0. The SMILES string of the molecule is c1cc(N2CCC(CN3CCCC3)CC2)ccc1CN1CCCCC1. The molecule has 3 nitrogen and oxygen atoms in total. The Morgan fingerprint density at radius 1 is 0.680 bits per heavy atom. The predicted molar refractivity (Wildman–Crippen MR) is 106 cm³/mol. The summed E-state index contributed by atoms with van der Waals surface area (Å²) in [5.41, 5.74) is 2.91. The zero-order valence-corrected chi connectivity index (χ0v) is 15.8. The quantitative estimate of drug-likeness (QED) is 0.802. The van der Waals surface area contributed by atoms with Crippen LogP contribution < -0.4 is 4.90 Å². The number of hydrogen-bond acceptors (Lipinski definition) is 3. The lowest BCUT2D eigenvalue weighted by Crippen LogP contribution is -2.38. The van der Waals surface area contributed by atoms with Crippen molar-refractivity contribution in [3.05, 3.63) is 29.8 Å². The van der Waals surface area contributed by atoms with Crippen LogP contribution in [0.5, 0.6) is 0 Å². The van der Waals surface area contributed by atoms with E-state index in [4.69, 9.17) is 0 Å². The summed E-state index contributed by atoms with van der Waals surface area (Å²) in [7, 11) is 0. The number of rotatable bonds is 5. The highest BCUT2D eigenvalue weighted by Gasteiger charge is 2.23. The van der Waals surface area contributed by atoms with Crippen molar-refractivity contribution in [2.45, 2.75) is 51.5 Å². The first-order valence-corrected chi connectivity index (χ1v) is 10.7. The van der Waals surface area contributed by atoms with E-state index >= 15 is 0 Å². The van der Waals surface area contributed by atoms with Gasteiger partial charge in [-0.15, -0.1) is 0 Å². The van der Waals surface area contributed by atoms with Crippen molar-refractivity contribution in [3.63, 3.8) is 0 Å². The Labute approximate surface area is 154 Å². The molecule has 3 saturated heterocycles. The highest BCUT2D eigenvalue weighted by molar-refractivity contribution is 5.48. The number of piperidine rings is 2. The molecule has 0 aromatic heterocycles. The molecule has 0 saturated carbocycles. The Kier molecular flexibility index (Phi) is 5.94. The summed E-state index contributed by atoms with van der Waals surface area (Å²) >= 11 is 0. The molecule has 3 aliphatic rings. The summed E-state index contributed by atoms with van der Waals surface area (Å²) in [6, 6.07) is 9.45. The molecule has 3 aliphatic heterocycles. The van der Waals surface area contributed by atoms with Gasteiger partial charge in [0.1, 0.15) is 0 Å². The van der Waals surface area contributed by atoms with Crippen LogP contribution in [0.4, 0.5) is 5.69 Å². The summed E-state index contributed by atoms with van der Waals surface area (Å²) < 4.78 is 0. The Morgan fingerprint density at radius 2 is 1.28 bits per heavy atom. The van der Waals surface area contributed by atoms with Crippen LogP contribution in [0, 0.1) is 5.92 Å². The van der Waals surface area contributed by atoms with Gasteiger partial charge in [-0.1, -0.05) is 18.6 Å². The van der Waals surface area contributed by atoms with E-state index in [1.807, 2.05) is 0 Å². The monoisotopic (exact) mass is 341 g/mol. The minimum Gasteiger partial charge on any atom is -0.372 e. The lowest BCUT2D eigenvalue weighted by Gasteiger charge is -2.35. The summed E-state index contributed by atoms with van der Waals surface area (Å²) in [4.78, 5) is 7.91. The second-order valence-electron chi connectivity index (χ2n) is 8.44. The van der Waals surface area contributed by atoms with Crippen LogP contribution in [-0.4, -0.2) is 55.6 Å². The normalized spacial score (nSPS) is 24.1. The number of likely N-dealkylation sites (tertiary alicyclic amines) is 2. The molecule has 0 aliphatic carbocycles. The molecule has 3 heterocycles. The molecule has 0 bridgehead atoms. The molecule has 0 radical (unpaired) electrons. The second-order valence-corrected chi connectivity index (χ2v) is 8.44. The summed E-state index contributed by atoms with van der Waals surface area (Å²) in [5, 5.41) is 0. The molecule has 0 atom stereocenters. The first kappa shape index (κ1) is 17.4. The van der Waals surface area contributed by atoms with Gasteiger partial charge in [0.15, 0.2) is 0 Å². The third kappa shape index (κ3) is 4.77. The van der Waals surface area contributed by atoms with Crippen LogP contribution in [0.15, 0.2) is 24.3 Å². The van der Waals surface area contributed by atoms with E-state index in [1.54, 1.807) is 0 Å². The summed E-state index contributed by atoms with van der Waals surface area (Å²) in [6.07, 6.45) is 9.75. The van der Waals surface area contributed by atoms with Crippen LogP contribution in [0.25, 0.3) is 0 Å². The van der Waals surface area contributed by atoms with Gasteiger partial charge in [0.25, 0.3) is 0 Å². The van der Waals surface area contributed by atoms with Gasteiger partial charge >= 0.3 is 0 Å². The molecular formula is C22H35N3. The number of nitrogens with zero attached hydrogens (tertiary/aromatic N) is 3. The summed E-state index contributed by atoms with van der Waals surface area (Å²) in [5.74, 6) is 0.924. The van der Waals surface area contributed by atoms with Crippen molar-refractivity contribution in [2.24, 2.45) is 5.92 Å². The van der Waals surface area contributed by atoms with Crippen molar-refractivity contribution in [3.8, 4) is 0 Å². The van der Waals surface area contributed by atoms with Gasteiger partial charge in [-0.25, -0.2) is 0 Å². The molecule has 3 fully saturated rings. The maximum atomic E-state index is 2.69. The largest absolute Gasteiger partial charge is 0.372 e. The van der Waals surface area contributed by atoms with Crippen molar-refractivity contribution in [1.82, 2.24) is 9.80 Å². The predicted octanol–water partition coefficient (Wildman–Crippen LogP) is 3.98. The zero-order valence-electron chi connectivity index (χ0n) is 15.8. The molecular weight excluding hydrogens is 306 g/mol. The van der Waals surface area contributed by atoms with Gasteiger partial charge < -0.3 is 9.80 Å². The summed E-state index contributed by atoms with van der Waals surface area (Å²) in [6.45, 7) is 10.2. The Morgan fingerprint density at radius 3 is 1.96 bits per heavy atom. The van der Waals surface area contributed by atoms with Gasteiger partial charge in [0.05, 0.1) is 0 Å². The van der Waals surface area contributed by atoms with E-state index in [-0.39, 0.29) is 0 Å². The van der Waals surface area contributed by atoms with E-state index in [1.165, 1.54) is 102 Å². The van der Waals surface area contributed by atoms with Gasteiger partial charge in [0, 0.05) is 31.9 Å². The highest BCUT2D eigenvalue weighted by atomic mass is 15.2. The topological polar surface area (TPSA) is 9.72 Å². The van der Waals surface area contributed by atoms with Crippen LogP contribution in [0.1, 0.15) is 50.5 Å². The molecule has 0 N–H and O–H groups in total. The third-order valence-electron chi connectivity index (χ3n) is 6.49. The van der Waals surface area contributed by atoms with Gasteiger partial charge in [-0.3, -0.25) is 4.90 Å². The molecule has 0 amide bonds. The van der Waals surface area contributed by atoms with E-state index in [0.717, 1.165) is 12.5 Å². The Hall–Kier alpha value is -1.06. The number of benzene rings is 1. The standard InChI is InChI=1S/C22H35N3/c1-2-12-23(13-3-1)18-20-6-8-22(9-7-20)25-16-10-21(11-17-25)19-24-14-4-5-15-24/h6-9,21H,1-5,10-19H2. The van der Waals surface area contributed by atoms with Crippen LogP contribution in [0.2, 0.25) is 0 Å². The van der Waals surface area contributed by atoms with Gasteiger partial charge in [-0.2, -0.15) is 0 Å². The first-order chi connectivity index (χ1) is 12.4. The maximum Gasteiger partial charge on any atom is 0.0366 e. The average Bonchev–Trinajstić information content (AvgIpc) is 3.17. The molecule has 138 valence electrons. The molecule has 25 heavy (non-hydrogen) atoms. The lowest BCUT2D eigenvalue weighted by molar-refractivity contribution is 0.221. The van der Waals surface area contributed by atoms with Crippen LogP contribution in [-0.2, 0) is 6.54 Å². The fourth-order valence-corrected chi connectivity index (χ4v) is 4.89. The fraction of sp³-hybridized carbons (Fsp3) is 0.727. The van der Waals surface area contributed by atoms with E-state index in [9.17, 15) is 0 Å². The maximum absolute atomic E-state index is 2.69.